The minimum atomic E-state index is -5.97. The molecular weight excluding hydrogens is 298 g/mol. The quantitative estimate of drug-likeness (QED) is 0.223. The topological polar surface area (TPSA) is 213 Å². The normalized spacial score (nSPS) is 20.0. The molecule has 0 aliphatic rings. The largest absolute Gasteiger partial charge is 0.395 e. The molecule has 0 aromatic carbocycles. The van der Waals surface area contributed by atoms with Crippen LogP contribution in [0.2, 0.25) is 0 Å². The Morgan fingerprint density at radius 2 is 1.50 bits per heavy atom. The molecule has 0 radical (unpaired) electrons. The van der Waals surface area contributed by atoms with Crippen molar-refractivity contribution in [2.75, 3.05) is 6.61 Å². The van der Waals surface area contributed by atoms with Crippen molar-refractivity contribution in [1.82, 2.24) is 0 Å². The molecule has 0 bridgehead atoms. The predicted octanol–water partition coefficient (Wildman–Crippen LogP) is -3.73. The molecule has 0 unspecified atom stereocenters. The molecule has 0 rings (SSSR count). The molecule has 13 heteroatoms. The second-order valence-corrected chi connectivity index (χ2v) is 6.58. The van der Waals surface area contributed by atoms with E-state index in [1.54, 1.807) is 0 Å². The fraction of sp³-hybridized carbons (Fsp3) is 0.800. The summed E-state index contributed by atoms with van der Waals surface area (Å²) in [6.45, 7) is -1.32. The molecule has 0 aromatic rings. The number of carbonyl (C=O) groups is 1. The molecule has 0 saturated heterocycles. The maximum absolute atomic E-state index is 11.1. The Hall–Kier alpha value is -0.190. The summed E-state index contributed by atoms with van der Waals surface area (Å²) in [4.78, 5) is 45.6. The Bertz CT molecular complexity index is 408. The average molecular weight is 310 g/mol. The van der Waals surface area contributed by atoms with E-state index in [1.807, 2.05) is 0 Å². The number of aliphatic hydroxyl groups is 4. The summed E-state index contributed by atoms with van der Waals surface area (Å²) >= 11 is 0. The number of hydrogen-bond donors (Lipinski definition) is 8. The minimum absolute atomic E-state index is 1.32. The molecule has 0 amide bonds. The number of hydrogen-bond acceptors (Lipinski definition) is 7. The van der Waals surface area contributed by atoms with Crippen LogP contribution in [0.3, 0.4) is 0 Å². The fourth-order valence-corrected chi connectivity index (χ4v) is 3.11. The second kappa shape index (κ2) is 5.43. The smallest absolute Gasteiger partial charge is 0.394 e. The summed E-state index contributed by atoms with van der Waals surface area (Å²) in [7, 11) is -11.8. The molecule has 0 aliphatic carbocycles. The maximum Gasteiger partial charge on any atom is 0.395 e. The van der Waals surface area contributed by atoms with Gasteiger partial charge in [0.25, 0.3) is 10.9 Å². The first-order chi connectivity index (χ1) is 7.80. The molecule has 0 saturated carbocycles. The van der Waals surface area contributed by atoms with Gasteiger partial charge in [-0.1, -0.05) is 0 Å². The first-order valence-corrected chi connectivity index (χ1v) is 7.38. The Kier molecular flexibility index (Phi) is 5.38. The zero-order valence-electron chi connectivity index (χ0n) is 8.56. The van der Waals surface area contributed by atoms with Crippen LogP contribution in [-0.2, 0) is 13.9 Å². The molecule has 108 valence electrons. The zero-order valence-corrected chi connectivity index (χ0v) is 10.3. The van der Waals surface area contributed by atoms with Gasteiger partial charge in [-0.15, -0.1) is 0 Å². The van der Waals surface area contributed by atoms with Crippen molar-refractivity contribution < 1.29 is 53.9 Å². The van der Waals surface area contributed by atoms with Crippen LogP contribution in [0.25, 0.3) is 0 Å². The highest BCUT2D eigenvalue weighted by Gasteiger charge is 2.64. The van der Waals surface area contributed by atoms with Gasteiger partial charge in [-0.05, 0) is 0 Å². The Morgan fingerprint density at radius 1 is 1.11 bits per heavy atom. The van der Waals surface area contributed by atoms with E-state index in [2.05, 4.69) is 0 Å². The van der Waals surface area contributed by atoms with Gasteiger partial charge in [-0.2, -0.15) is 0 Å². The summed E-state index contributed by atoms with van der Waals surface area (Å²) in [5.74, 6) is 0. The van der Waals surface area contributed by atoms with E-state index >= 15 is 0 Å². The summed E-state index contributed by atoms with van der Waals surface area (Å²) in [5, 5.41) is 31.7. The molecule has 0 heterocycles. The van der Waals surface area contributed by atoms with Gasteiger partial charge >= 0.3 is 15.2 Å². The predicted molar refractivity (Wildman–Crippen MR) is 53.1 cm³/mol. The van der Waals surface area contributed by atoms with Crippen LogP contribution in [0.1, 0.15) is 0 Å². The van der Waals surface area contributed by atoms with Crippen LogP contribution in [0.15, 0.2) is 0 Å². The van der Waals surface area contributed by atoms with E-state index < -0.39 is 44.9 Å². The average Bonchev–Trinajstić information content (AvgIpc) is 2.21. The third kappa shape index (κ3) is 3.22. The van der Waals surface area contributed by atoms with E-state index in [1.165, 1.54) is 0 Å². The summed E-state index contributed by atoms with van der Waals surface area (Å²) in [5.41, 5.74) is -2.66. The number of aliphatic hydroxyl groups excluding tert-OH is 3. The fourth-order valence-electron chi connectivity index (χ4n) is 1.01. The first kappa shape index (κ1) is 17.8. The van der Waals surface area contributed by atoms with Crippen molar-refractivity contribution in [2.24, 2.45) is 0 Å². The standard InChI is InChI=1S/C5H12O11P2/c6-1-2(7)3(8)5(10,18(14,15)16)4(9)17(11,12)13/h2-3,6-8,10H,1H2,(H2,11,12,13)(H2,14,15,16)/t2-,3-,5+/m1/s1. The highest BCUT2D eigenvalue weighted by atomic mass is 31.2. The van der Waals surface area contributed by atoms with Crippen molar-refractivity contribution in [1.29, 1.82) is 0 Å². The van der Waals surface area contributed by atoms with Crippen LogP contribution in [0, 0.1) is 0 Å². The molecule has 11 nitrogen and oxygen atoms in total. The molecule has 0 spiro atoms. The lowest BCUT2D eigenvalue weighted by molar-refractivity contribution is -0.144. The Labute approximate surface area is 99.6 Å². The van der Waals surface area contributed by atoms with E-state index in [0.717, 1.165) is 0 Å². The highest BCUT2D eigenvalue weighted by molar-refractivity contribution is 7.73. The molecular formula is C5H12O11P2. The van der Waals surface area contributed by atoms with E-state index in [4.69, 9.17) is 29.8 Å². The SMILES string of the molecule is O=C([C@](O)([C@H](O)[C@H](O)CO)P(=O)(O)O)P(=O)(O)O. The van der Waals surface area contributed by atoms with Crippen LogP contribution in [0.4, 0.5) is 0 Å². The van der Waals surface area contributed by atoms with Crippen molar-refractivity contribution in [3.8, 4) is 0 Å². The molecule has 0 aliphatic heterocycles. The van der Waals surface area contributed by atoms with Gasteiger partial charge < -0.3 is 40.0 Å². The molecule has 0 aromatic heterocycles. The molecule has 18 heavy (non-hydrogen) atoms. The van der Waals surface area contributed by atoms with Crippen molar-refractivity contribution in [3.63, 3.8) is 0 Å². The second-order valence-electron chi connectivity index (χ2n) is 3.31. The molecule has 8 N–H and O–H groups in total. The maximum atomic E-state index is 11.1. The minimum Gasteiger partial charge on any atom is -0.394 e. The van der Waals surface area contributed by atoms with E-state index in [-0.39, 0.29) is 0 Å². The van der Waals surface area contributed by atoms with Crippen LogP contribution >= 0.6 is 15.2 Å². The third-order valence-electron chi connectivity index (χ3n) is 1.99. The van der Waals surface area contributed by atoms with Gasteiger partial charge in [0.05, 0.1) is 6.61 Å². The number of rotatable bonds is 6. The molecule has 3 atom stereocenters. The van der Waals surface area contributed by atoms with Gasteiger partial charge in [-0.3, -0.25) is 13.9 Å². The summed E-state index contributed by atoms with van der Waals surface area (Å²) in [6.07, 6.45) is -5.40. The highest BCUT2D eigenvalue weighted by Crippen LogP contribution is 2.58. The monoisotopic (exact) mass is 310 g/mol. The van der Waals surface area contributed by atoms with Gasteiger partial charge in [0.15, 0.2) is 0 Å². The summed E-state index contributed by atoms with van der Waals surface area (Å²) in [6, 6.07) is 0. The van der Waals surface area contributed by atoms with Crippen molar-refractivity contribution >= 4 is 20.7 Å². The third-order valence-corrected chi connectivity index (χ3v) is 4.39. The molecule has 0 fully saturated rings. The number of carbonyl (C=O) groups excluding carboxylic acids is 1. The Balaban J connectivity index is 5.85. The van der Waals surface area contributed by atoms with Gasteiger partial charge in [0.1, 0.15) is 12.2 Å². The van der Waals surface area contributed by atoms with E-state index in [0.29, 0.717) is 0 Å². The van der Waals surface area contributed by atoms with Gasteiger partial charge in [-0.25, -0.2) is 0 Å². The van der Waals surface area contributed by atoms with Gasteiger partial charge in [0.2, 0.25) is 0 Å². The van der Waals surface area contributed by atoms with Crippen molar-refractivity contribution in [2.45, 2.75) is 17.6 Å². The lowest BCUT2D eigenvalue weighted by Crippen LogP contribution is -2.55. The zero-order chi connectivity index (χ0) is 14.9. The lowest BCUT2D eigenvalue weighted by atomic mass is 10.1. The first-order valence-electron chi connectivity index (χ1n) is 4.15. The van der Waals surface area contributed by atoms with Crippen molar-refractivity contribution in [3.05, 3.63) is 0 Å². The van der Waals surface area contributed by atoms with Crippen LogP contribution < -0.4 is 0 Å². The van der Waals surface area contributed by atoms with Crippen LogP contribution in [0.5, 0.6) is 0 Å². The van der Waals surface area contributed by atoms with Crippen LogP contribution in [-0.4, -0.2) is 69.7 Å². The van der Waals surface area contributed by atoms with E-state index in [9.17, 15) is 24.1 Å². The Morgan fingerprint density at radius 3 is 1.72 bits per heavy atom. The van der Waals surface area contributed by atoms with Gasteiger partial charge in [0, 0.05) is 0 Å². The lowest BCUT2D eigenvalue weighted by Gasteiger charge is -2.33. The summed E-state index contributed by atoms with van der Waals surface area (Å²) < 4.78 is 21.6.